The third kappa shape index (κ3) is 4.07. The van der Waals surface area contributed by atoms with Crippen LogP contribution in [0.2, 0.25) is 0 Å². The van der Waals surface area contributed by atoms with E-state index in [-0.39, 0.29) is 17.5 Å². The van der Waals surface area contributed by atoms with E-state index in [0.717, 1.165) is 5.56 Å². The van der Waals surface area contributed by atoms with Crippen LogP contribution in [0, 0.1) is 6.92 Å². The number of hydrogen-bond acceptors (Lipinski definition) is 5. The average Bonchev–Trinajstić information content (AvgIpc) is 2.93. The lowest BCUT2D eigenvalue weighted by Crippen LogP contribution is -2.33. The minimum absolute atomic E-state index is 0.277. The van der Waals surface area contributed by atoms with Gasteiger partial charge in [-0.1, -0.05) is 35.9 Å². The van der Waals surface area contributed by atoms with Crippen molar-refractivity contribution in [1.82, 2.24) is 4.90 Å². The average molecular weight is 380 g/mol. The molecule has 2 aromatic rings. The Kier molecular flexibility index (Phi) is 6.11. The van der Waals surface area contributed by atoms with Gasteiger partial charge >= 0.3 is 0 Å². The number of ether oxygens (including phenoxy) is 2. The highest BCUT2D eigenvalue weighted by Crippen LogP contribution is 2.31. The molecule has 0 unspecified atom stereocenters. The lowest BCUT2D eigenvalue weighted by atomic mass is 10.0. The molecule has 0 spiro atoms. The predicted octanol–water partition coefficient (Wildman–Crippen LogP) is 3.23. The number of anilines is 1. The van der Waals surface area contributed by atoms with E-state index >= 15 is 0 Å². The van der Waals surface area contributed by atoms with Crippen LogP contribution in [0.4, 0.5) is 5.69 Å². The van der Waals surface area contributed by atoms with E-state index in [0.29, 0.717) is 42.1 Å². The Balaban J connectivity index is 1.98. The molecule has 0 atom stereocenters. The second-order valence-corrected chi connectivity index (χ2v) is 6.58. The first-order chi connectivity index (χ1) is 13.5. The van der Waals surface area contributed by atoms with Gasteiger partial charge in [-0.05, 0) is 31.0 Å². The zero-order valence-corrected chi connectivity index (χ0v) is 16.3. The number of methoxy groups -OCH3 is 2. The highest BCUT2D eigenvalue weighted by molar-refractivity contribution is 6.36. The summed E-state index contributed by atoms with van der Waals surface area (Å²) in [6.07, 6.45) is 0.585. The van der Waals surface area contributed by atoms with Gasteiger partial charge in [0, 0.05) is 32.0 Å². The molecule has 0 saturated carbocycles. The summed E-state index contributed by atoms with van der Waals surface area (Å²) in [5.74, 6) is 0.0334. The molecule has 1 aliphatic heterocycles. The molecule has 2 aromatic carbocycles. The van der Waals surface area contributed by atoms with E-state index in [9.17, 15) is 9.59 Å². The predicted molar refractivity (Wildman–Crippen MR) is 108 cm³/mol. The van der Waals surface area contributed by atoms with Gasteiger partial charge in [0.1, 0.15) is 11.4 Å². The maximum atomic E-state index is 13.1. The number of nitrogens with zero attached hydrogens (tertiary/aromatic N) is 1. The number of aryl methyl sites for hydroxylation is 1. The molecule has 146 valence electrons. The zero-order chi connectivity index (χ0) is 20.1. The summed E-state index contributed by atoms with van der Waals surface area (Å²) in [5, 5.41) is 3.14. The number of nitrogens with one attached hydrogen (secondary N) is 1. The number of carbonyl (C=O) groups is 2. The van der Waals surface area contributed by atoms with E-state index in [1.165, 1.54) is 4.90 Å². The van der Waals surface area contributed by atoms with Crippen molar-refractivity contribution >= 4 is 23.1 Å². The van der Waals surface area contributed by atoms with Crippen molar-refractivity contribution in [2.24, 2.45) is 0 Å². The molecule has 0 saturated heterocycles. The third-order valence-corrected chi connectivity index (χ3v) is 4.58. The zero-order valence-electron chi connectivity index (χ0n) is 16.3. The Bertz CT molecular complexity index is 903. The molecule has 0 aromatic heterocycles. The largest absolute Gasteiger partial charge is 0.497 e. The van der Waals surface area contributed by atoms with Crippen LogP contribution in [0.15, 0.2) is 54.2 Å². The van der Waals surface area contributed by atoms with Crippen LogP contribution in [-0.2, 0) is 14.3 Å². The molecule has 6 heteroatoms. The van der Waals surface area contributed by atoms with Crippen molar-refractivity contribution in [2.45, 2.75) is 13.3 Å². The normalized spacial score (nSPS) is 14.0. The first-order valence-corrected chi connectivity index (χ1v) is 9.12. The smallest absolute Gasteiger partial charge is 0.278 e. The summed E-state index contributed by atoms with van der Waals surface area (Å²) in [5.41, 5.74) is 3.13. The maximum Gasteiger partial charge on any atom is 0.278 e. The summed E-state index contributed by atoms with van der Waals surface area (Å²) in [7, 11) is 3.18. The summed E-state index contributed by atoms with van der Waals surface area (Å²) in [4.78, 5) is 27.4. The molecule has 0 fully saturated rings. The van der Waals surface area contributed by atoms with Gasteiger partial charge in [0.2, 0.25) is 0 Å². The first-order valence-electron chi connectivity index (χ1n) is 9.12. The Labute approximate surface area is 164 Å². The lowest BCUT2D eigenvalue weighted by Gasteiger charge is -2.15. The van der Waals surface area contributed by atoms with Gasteiger partial charge in [0.25, 0.3) is 11.8 Å². The van der Waals surface area contributed by atoms with Crippen LogP contribution >= 0.6 is 0 Å². The minimum Gasteiger partial charge on any atom is -0.497 e. The van der Waals surface area contributed by atoms with Gasteiger partial charge in [0.05, 0.1) is 12.7 Å². The number of rotatable bonds is 8. The molecule has 1 N–H and O–H groups in total. The fourth-order valence-electron chi connectivity index (χ4n) is 3.10. The van der Waals surface area contributed by atoms with Crippen LogP contribution in [0.5, 0.6) is 5.75 Å². The number of hydrogen-bond donors (Lipinski definition) is 1. The lowest BCUT2D eigenvalue weighted by molar-refractivity contribution is -0.136. The van der Waals surface area contributed by atoms with Crippen LogP contribution in [0.1, 0.15) is 17.5 Å². The first kappa shape index (κ1) is 19.6. The molecule has 1 aliphatic rings. The van der Waals surface area contributed by atoms with Gasteiger partial charge in [-0.25, -0.2) is 0 Å². The van der Waals surface area contributed by atoms with Gasteiger partial charge in [0.15, 0.2) is 0 Å². The van der Waals surface area contributed by atoms with Crippen molar-refractivity contribution in [1.29, 1.82) is 0 Å². The van der Waals surface area contributed by atoms with Crippen LogP contribution in [0.3, 0.4) is 0 Å². The van der Waals surface area contributed by atoms with E-state index in [1.54, 1.807) is 20.3 Å². The van der Waals surface area contributed by atoms with Crippen molar-refractivity contribution in [3.8, 4) is 5.75 Å². The summed E-state index contributed by atoms with van der Waals surface area (Å²) < 4.78 is 10.3. The maximum absolute atomic E-state index is 13.1. The highest BCUT2D eigenvalue weighted by Gasteiger charge is 2.38. The third-order valence-electron chi connectivity index (χ3n) is 4.58. The van der Waals surface area contributed by atoms with Crippen LogP contribution < -0.4 is 10.1 Å². The fraction of sp³-hybridized carbons (Fsp3) is 0.273. The standard InChI is InChI=1S/C22H24N2O4/c1-15-8-10-16(11-9-15)19-20(23-17-6-4-7-18(14-17)28-3)22(26)24(21(19)25)12-5-13-27-2/h4,6-11,14,23H,5,12-13H2,1-3H3. The molecule has 0 bridgehead atoms. The molecule has 0 radical (unpaired) electrons. The van der Waals surface area contributed by atoms with Gasteiger partial charge in [-0.3, -0.25) is 14.5 Å². The van der Waals surface area contributed by atoms with E-state index in [2.05, 4.69) is 5.32 Å². The van der Waals surface area contributed by atoms with E-state index in [4.69, 9.17) is 9.47 Å². The van der Waals surface area contributed by atoms with Crippen molar-refractivity contribution < 1.29 is 19.1 Å². The molecule has 2 amide bonds. The topological polar surface area (TPSA) is 67.9 Å². The Morgan fingerprint density at radius 3 is 2.43 bits per heavy atom. The molecule has 6 nitrogen and oxygen atoms in total. The molecule has 3 rings (SSSR count). The van der Waals surface area contributed by atoms with Crippen molar-refractivity contribution in [2.75, 3.05) is 32.7 Å². The van der Waals surface area contributed by atoms with Crippen LogP contribution in [-0.4, -0.2) is 44.1 Å². The molecule has 1 heterocycles. The fourth-order valence-corrected chi connectivity index (χ4v) is 3.10. The molecule has 28 heavy (non-hydrogen) atoms. The Hall–Kier alpha value is -3.12. The second kappa shape index (κ2) is 8.71. The number of carbonyl (C=O) groups excluding carboxylic acids is 2. The van der Waals surface area contributed by atoms with Crippen molar-refractivity contribution in [3.63, 3.8) is 0 Å². The number of benzene rings is 2. The minimum atomic E-state index is -0.334. The number of imide groups is 1. The summed E-state index contributed by atoms with van der Waals surface area (Å²) >= 11 is 0. The number of amides is 2. The van der Waals surface area contributed by atoms with Crippen LogP contribution in [0.25, 0.3) is 5.57 Å². The van der Waals surface area contributed by atoms with Gasteiger partial charge in [-0.15, -0.1) is 0 Å². The van der Waals surface area contributed by atoms with E-state index in [1.807, 2.05) is 49.4 Å². The Morgan fingerprint density at radius 2 is 1.75 bits per heavy atom. The summed E-state index contributed by atoms with van der Waals surface area (Å²) in [6.45, 7) is 2.77. The van der Waals surface area contributed by atoms with Crippen molar-refractivity contribution in [3.05, 3.63) is 65.4 Å². The van der Waals surface area contributed by atoms with Gasteiger partial charge in [-0.2, -0.15) is 0 Å². The molecule has 0 aliphatic carbocycles. The Morgan fingerprint density at radius 1 is 1.00 bits per heavy atom. The van der Waals surface area contributed by atoms with Gasteiger partial charge < -0.3 is 14.8 Å². The SMILES string of the molecule is COCCCN1C(=O)C(Nc2cccc(OC)c2)=C(c2ccc(C)cc2)C1=O. The highest BCUT2D eigenvalue weighted by atomic mass is 16.5. The quantitative estimate of drug-likeness (QED) is 0.563. The molecular weight excluding hydrogens is 356 g/mol. The molecular formula is C22H24N2O4. The second-order valence-electron chi connectivity index (χ2n) is 6.58. The van der Waals surface area contributed by atoms with E-state index < -0.39 is 0 Å². The summed E-state index contributed by atoms with van der Waals surface area (Å²) in [6, 6.07) is 14.8. The monoisotopic (exact) mass is 380 g/mol.